The van der Waals surface area contributed by atoms with Crippen LogP contribution in [0.25, 0.3) is 11.2 Å². The molecule has 2 heterocycles. The van der Waals surface area contributed by atoms with Gasteiger partial charge in [0.25, 0.3) is 0 Å². The lowest BCUT2D eigenvalue weighted by atomic mass is 10.3. The van der Waals surface area contributed by atoms with Gasteiger partial charge in [-0.25, -0.2) is 15.0 Å². The lowest BCUT2D eigenvalue weighted by Gasteiger charge is -2.06. The Morgan fingerprint density at radius 2 is 1.94 bits per heavy atom. The summed E-state index contributed by atoms with van der Waals surface area (Å²) in [6.45, 7) is 0. The summed E-state index contributed by atoms with van der Waals surface area (Å²) in [5.74, 6) is 1.49. The number of fused-ring (bicyclic) bond motifs is 1. The normalized spacial score (nSPS) is 10.5. The Morgan fingerprint density at radius 1 is 1.11 bits per heavy atom. The molecule has 90 valence electrons. The van der Waals surface area contributed by atoms with Crippen LogP contribution in [-0.4, -0.2) is 27.0 Å². The molecule has 6 nitrogen and oxygen atoms in total. The Hall–Kier alpha value is -2.63. The number of anilines is 2. The molecule has 0 fully saturated rings. The molecule has 6 heteroatoms. The fourth-order valence-electron chi connectivity index (χ4n) is 1.67. The van der Waals surface area contributed by atoms with Crippen LogP contribution in [0.4, 0.5) is 11.5 Å². The number of aromatic amines is 1. The van der Waals surface area contributed by atoms with Crippen molar-refractivity contribution in [1.82, 2.24) is 19.9 Å². The smallest absolute Gasteiger partial charge is 0.162 e. The first-order valence-corrected chi connectivity index (χ1v) is 5.42. The zero-order valence-electron chi connectivity index (χ0n) is 9.71. The average Bonchev–Trinajstić information content (AvgIpc) is 2.89. The van der Waals surface area contributed by atoms with Gasteiger partial charge in [-0.05, 0) is 24.3 Å². The zero-order valence-corrected chi connectivity index (χ0v) is 9.71. The van der Waals surface area contributed by atoms with E-state index < -0.39 is 0 Å². The van der Waals surface area contributed by atoms with Crippen LogP contribution < -0.4 is 10.1 Å². The number of rotatable bonds is 3. The molecule has 0 atom stereocenters. The molecule has 2 N–H and O–H groups in total. The molecule has 0 aliphatic heterocycles. The van der Waals surface area contributed by atoms with E-state index in [9.17, 15) is 0 Å². The molecule has 0 aliphatic carbocycles. The molecule has 2 aromatic heterocycles. The van der Waals surface area contributed by atoms with Crippen LogP contribution in [-0.2, 0) is 0 Å². The first-order valence-electron chi connectivity index (χ1n) is 5.42. The van der Waals surface area contributed by atoms with Gasteiger partial charge in [-0.15, -0.1) is 0 Å². The number of hydrogen-bond donors (Lipinski definition) is 2. The fourth-order valence-corrected chi connectivity index (χ4v) is 1.67. The summed E-state index contributed by atoms with van der Waals surface area (Å²) >= 11 is 0. The molecule has 0 aliphatic rings. The van der Waals surface area contributed by atoms with Gasteiger partial charge in [0.15, 0.2) is 17.0 Å². The minimum atomic E-state index is 0.673. The maximum absolute atomic E-state index is 5.11. The fraction of sp³-hybridized carbons (Fsp3) is 0.0833. The summed E-state index contributed by atoms with van der Waals surface area (Å²) in [4.78, 5) is 15.4. The van der Waals surface area contributed by atoms with Gasteiger partial charge in [0.2, 0.25) is 0 Å². The molecule has 0 radical (unpaired) electrons. The van der Waals surface area contributed by atoms with E-state index in [0.29, 0.717) is 17.0 Å². The minimum Gasteiger partial charge on any atom is -0.497 e. The van der Waals surface area contributed by atoms with Gasteiger partial charge in [-0.3, -0.25) is 0 Å². The Kier molecular flexibility index (Phi) is 2.53. The first kappa shape index (κ1) is 10.5. The molecular formula is C12H11N5O. The van der Waals surface area contributed by atoms with Crippen molar-refractivity contribution in [2.45, 2.75) is 0 Å². The van der Waals surface area contributed by atoms with Crippen LogP contribution in [0.5, 0.6) is 5.75 Å². The van der Waals surface area contributed by atoms with Crippen molar-refractivity contribution in [3.8, 4) is 5.75 Å². The number of nitrogens with one attached hydrogen (secondary N) is 2. The highest BCUT2D eigenvalue weighted by Crippen LogP contribution is 2.21. The predicted octanol–water partition coefficient (Wildman–Crippen LogP) is 2.11. The quantitative estimate of drug-likeness (QED) is 0.734. The van der Waals surface area contributed by atoms with Crippen LogP contribution in [0.2, 0.25) is 0 Å². The first-order chi connectivity index (χ1) is 8.86. The summed E-state index contributed by atoms with van der Waals surface area (Å²) in [7, 11) is 1.64. The van der Waals surface area contributed by atoms with Gasteiger partial charge in [-0.1, -0.05) is 0 Å². The van der Waals surface area contributed by atoms with Crippen LogP contribution in [0, 0.1) is 0 Å². The van der Waals surface area contributed by atoms with Crippen molar-refractivity contribution in [3.05, 3.63) is 36.9 Å². The second-order valence-electron chi connectivity index (χ2n) is 3.68. The van der Waals surface area contributed by atoms with E-state index in [-0.39, 0.29) is 0 Å². The Bertz CT molecular complexity index is 662. The van der Waals surface area contributed by atoms with Crippen LogP contribution in [0.3, 0.4) is 0 Å². The monoisotopic (exact) mass is 241 g/mol. The van der Waals surface area contributed by atoms with Gasteiger partial charge in [0.1, 0.15) is 12.1 Å². The number of imidazole rings is 1. The molecule has 3 aromatic rings. The topological polar surface area (TPSA) is 75.7 Å². The zero-order chi connectivity index (χ0) is 12.4. The molecule has 0 bridgehead atoms. The van der Waals surface area contributed by atoms with Gasteiger partial charge < -0.3 is 15.0 Å². The van der Waals surface area contributed by atoms with Crippen LogP contribution in [0.1, 0.15) is 0 Å². The van der Waals surface area contributed by atoms with Crippen LogP contribution >= 0.6 is 0 Å². The second-order valence-corrected chi connectivity index (χ2v) is 3.68. The molecular weight excluding hydrogens is 230 g/mol. The average molecular weight is 241 g/mol. The highest BCUT2D eigenvalue weighted by atomic mass is 16.5. The summed E-state index contributed by atoms with van der Waals surface area (Å²) < 4.78 is 5.11. The lowest BCUT2D eigenvalue weighted by molar-refractivity contribution is 0.415. The molecule has 0 unspecified atom stereocenters. The summed E-state index contributed by atoms with van der Waals surface area (Å²) in [5.41, 5.74) is 2.34. The Labute approximate surface area is 103 Å². The highest BCUT2D eigenvalue weighted by molar-refractivity contribution is 5.84. The van der Waals surface area contributed by atoms with Crippen molar-refractivity contribution in [2.75, 3.05) is 12.4 Å². The van der Waals surface area contributed by atoms with E-state index in [0.717, 1.165) is 11.4 Å². The summed E-state index contributed by atoms with van der Waals surface area (Å²) in [5, 5.41) is 3.20. The van der Waals surface area contributed by atoms with Gasteiger partial charge in [-0.2, -0.15) is 0 Å². The third kappa shape index (κ3) is 1.84. The molecule has 3 rings (SSSR count). The number of aromatic nitrogens is 4. The van der Waals surface area contributed by atoms with Gasteiger partial charge in [0.05, 0.1) is 13.4 Å². The summed E-state index contributed by atoms with van der Waals surface area (Å²) in [6, 6.07) is 7.59. The van der Waals surface area contributed by atoms with Crippen LogP contribution in [0.15, 0.2) is 36.9 Å². The maximum Gasteiger partial charge on any atom is 0.162 e. The number of ether oxygens (including phenoxy) is 1. The SMILES string of the molecule is COc1ccc(Nc2ncnc3[nH]cnc23)cc1. The largest absolute Gasteiger partial charge is 0.497 e. The van der Waals surface area contributed by atoms with E-state index in [1.807, 2.05) is 24.3 Å². The maximum atomic E-state index is 5.11. The predicted molar refractivity (Wildman–Crippen MR) is 68.0 cm³/mol. The van der Waals surface area contributed by atoms with E-state index in [4.69, 9.17) is 4.74 Å². The molecule has 18 heavy (non-hydrogen) atoms. The number of nitrogens with zero attached hydrogens (tertiary/aromatic N) is 3. The van der Waals surface area contributed by atoms with Crippen molar-refractivity contribution < 1.29 is 4.74 Å². The van der Waals surface area contributed by atoms with Gasteiger partial charge in [0, 0.05) is 5.69 Å². The number of methoxy groups -OCH3 is 1. The third-order valence-corrected chi connectivity index (χ3v) is 2.57. The van der Waals surface area contributed by atoms with E-state index >= 15 is 0 Å². The second kappa shape index (κ2) is 4.33. The van der Waals surface area contributed by atoms with E-state index in [1.54, 1.807) is 13.4 Å². The van der Waals surface area contributed by atoms with Crippen molar-refractivity contribution >= 4 is 22.7 Å². The molecule has 0 spiro atoms. The Balaban J connectivity index is 1.93. The lowest BCUT2D eigenvalue weighted by Crippen LogP contribution is -1.95. The Morgan fingerprint density at radius 3 is 2.72 bits per heavy atom. The van der Waals surface area contributed by atoms with Crippen molar-refractivity contribution in [2.24, 2.45) is 0 Å². The summed E-state index contributed by atoms with van der Waals surface area (Å²) in [6.07, 6.45) is 3.09. The molecule has 1 aromatic carbocycles. The standard InChI is InChI=1S/C12H11N5O/c1-18-9-4-2-8(3-5-9)17-12-10-11(14-6-13-10)15-7-16-12/h2-7H,1H3,(H2,13,14,15,16,17). The third-order valence-electron chi connectivity index (χ3n) is 2.57. The van der Waals surface area contributed by atoms with E-state index in [1.165, 1.54) is 6.33 Å². The van der Waals surface area contributed by atoms with Crippen molar-refractivity contribution in [1.29, 1.82) is 0 Å². The number of H-pyrrole nitrogens is 1. The molecule has 0 saturated carbocycles. The molecule has 0 saturated heterocycles. The minimum absolute atomic E-state index is 0.673. The number of hydrogen-bond acceptors (Lipinski definition) is 5. The molecule has 0 amide bonds. The number of benzene rings is 1. The van der Waals surface area contributed by atoms with Crippen molar-refractivity contribution in [3.63, 3.8) is 0 Å². The van der Waals surface area contributed by atoms with E-state index in [2.05, 4.69) is 25.3 Å². The van der Waals surface area contributed by atoms with Gasteiger partial charge >= 0.3 is 0 Å². The highest BCUT2D eigenvalue weighted by Gasteiger charge is 2.05.